The summed E-state index contributed by atoms with van der Waals surface area (Å²) in [5.41, 5.74) is 0.676. The number of ether oxygens (including phenoxy) is 1. The van der Waals surface area contributed by atoms with E-state index in [1.165, 1.54) is 0 Å². The summed E-state index contributed by atoms with van der Waals surface area (Å²) in [5, 5.41) is 0. The lowest BCUT2D eigenvalue weighted by Crippen LogP contribution is -2.45. The molecule has 0 bridgehead atoms. The summed E-state index contributed by atoms with van der Waals surface area (Å²) in [4.78, 5) is 13.8. The number of hydrogen-bond acceptors (Lipinski definition) is 3. The van der Waals surface area contributed by atoms with Crippen molar-refractivity contribution in [3.63, 3.8) is 0 Å². The third-order valence-electron chi connectivity index (χ3n) is 4.01. The van der Waals surface area contributed by atoms with Crippen molar-refractivity contribution in [3.8, 4) is 0 Å². The molecule has 0 spiro atoms. The van der Waals surface area contributed by atoms with Gasteiger partial charge in [0.2, 0.25) is 0 Å². The largest absolute Gasteiger partial charge is 0.495 e. The normalized spacial score (nSPS) is 23.6. The highest BCUT2D eigenvalue weighted by Gasteiger charge is 2.41. The van der Waals surface area contributed by atoms with Crippen LogP contribution in [0.25, 0.3) is 0 Å². The minimum absolute atomic E-state index is 0.367. The van der Waals surface area contributed by atoms with Gasteiger partial charge in [-0.3, -0.25) is 0 Å². The molecule has 1 heterocycles. The number of nitrogens with zero attached hydrogens (tertiary/aromatic N) is 1. The fraction of sp³-hybridized carbons (Fsp3) is 0.562. The van der Waals surface area contributed by atoms with E-state index in [0.717, 1.165) is 56.3 Å². The average Bonchev–Trinajstić information content (AvgIpc) is 2.94. The fourth-order valence-corrected chi connectivity index (χ4v) is 2.94. The lowest BCUT2D eigenvalue weighted by molar-refractivity contribution is -0.116. The minimum atomic E-state index is -0.367. The smallest absolute Gasteiger partial charge is 0.145 e. The molecule has 0 radical (unpaired) electrons. The molecular weight excluding hydrogens is 238 g/mol. The fourth-order valence-electron chi connectivity index (χ4n) is 2.94. The summed E-state index contributed by atoms with van der Waals surface area (Å²) in [5.74, 6) is 0.851. The highest BCUT2D eigenvalue weighted by Crippen LogP contribution is 2.39. The maximum Gasteiger partial charge on any atom is 0.145 e. The van der Waals surface area contributed by atoms with Gasteiger partial charge < -0.3 is 14.4 Å². The third kappa shape index (κ3) is 2.60. The van der Waals surface area contributed by atoms with Crippen molar-refractivity contribution >= 4 is 6.29 Å². The van der Waals surface area contributed by atoms with Crippen LogP contribution in [-0.4, -0.2) is 23.8 Å². The quantitative estimate of drug-likeness (QED) is 0.709. The first-order chi connectivity index (χ1) is 9.27. The highest BCUT2D eigenvalue weighted by molar-refractivity contribution is 5.66. The molecule has 0 N–H and O–H groups in total. The van der Waals surface area contributed by atoms with Crippen LogP contribution in [0.5, 0.6) is 0 Å². The van der Waals surface area contributed by atoms with Gasteiger partial charge in [0.25, 0.3) is 0 Å². The first kappa shape index (κ1) is 13.9. The maximum atomic E-state index is 11.7. The molecule has 0 atom stereocenters. The molecule has 2 rings (SSSR count). The van der Waals surface area contributed by atoms with E-state index < -0.39 is 0 Å². The number of aldehydes is 1. The van der Waals surface area contributed by atoms with Gasteiger partial charge >= 0.3 is 0 Å². The molecule has 1 saturated carbocycles. The van der Waals surface area contributed by atoms with Crippen LogP contribution in [0.3, 0.4) is 0 Å². The summed E-state index contributed by atoms with van der Waals surface area (Å²) in [6, 6.07) is 0. The van der Waals surface area contributed by atoms with Crippen LogP contribution in [0.1, 0.15) is 45.4 Å². The Kier molecular flexibility index (Phi) is 4.46. The van der Waals surface area contributed by atoms with E-state index >= 15 is 0 Å². The van der Waals surface area contributed by atoms with Gasteiger partial charge in [0, 0.05) is 6.20 Å². The van der Waals surface area contributed by atoms with Crippen LogP contribution in [0.2, 0.25) is 0 Å². The van der Waals surface area contributed by atoms with E-state index in [9.17, 15) is 4.79 Å². The van der Waals surface area contributed by atoms with Crippen LogP contribution in [0.15, 0.2) is 35.9 Å². The van der Waals surface area contributed by atoms with Gasteiger partial charge in [-0.2, -0.15) is 0 Å². The minimum Gasteiger partial charge on any atom is -0.495 e. The standard InChI is InChI=1S/C16H23NO2/c1-3-4-8-14-15(19-2)9-7-12-17(14)16(13-18)10-5-6-11-16/h7-9,12-13H,3-6,10-11H2,1-2H3/b14-8+. The Morgan fingerprint density at radius 3 is 2.74 bits per heavy atom. The van der Waals surface area contributed by atoms with Crippen molar-refractivity contribution in [1.82, 2.24) is 4.90 Å². The zero-order chi connectivity index (χ0) is 13.7. The van der Waals surface area contributed by atoms with Crippen LogP contribution < -0.4 is 0 Å². The Hall–Kier alpha value is -1.51. The average molecular weight is 261 g/mol. The molecule has 1 aliphatic heterocycles. The van der Waals surface area contributed by atoms with Gasteiger partial charge in [0.1, 0.15) is 12.0 Å². The molecule has 0 aromatic carbocycles. The van der Waals surface area contributed by atoms with Crippen molar-refractivity contribution in [2.75, 3.05) is 7.11 Å². The number of unbranched alkanes of at least 4 members (excludes halogenated alkanes) is 1. The Morgan fingerprint density at radius 2 is 2.16 bits per heavy atom. The Morgan fingerprint density at radius 1 is 1.42 bits per heavy atom. The van der Waals surface area contributed by atoms with E-state index in [-0.39, 0.29) is 5.54 Å². The van der Waals surface area contributed by atoms with Crippen LogP contribution in [0, 0.1) is 0 Å². The van der Waals surface area contributed by atoms with Crippen LogP contribution in [0.4, 0.5) is 0 Å². The maximum absolute atomic E-state index is 11.7. The van der Waals surface area contributed by atoms with Gasteiger partial charge in [-0.25, -0.2) is 0 Å². The van der Waals surface area contributed by atoms with E-state index in [4.69, 9.17) is 4.74 Å². The second-order valence-corrected chi connectivity index (χ2v) is 5.25. The van der Waals surface area contributed by atoms with Gasteiger partial charge in [-0.15, -0.1) is 0 Å². The molecule has 104 valence electrons. The second-order valence-electron chi connectivity index (χ2n) is 5.25. The number of carbonyl (C=O) groups is 1. The first-order valence-electron chi connectivity index (χ1n) is 7.16. The topological polar surface area (TPSA) is 29.5 Å². The van der Waals surface area contributed by atoms with Gasteiger partial charge in [-0.1, -0.05) is 32.3 Å². The molecule has 0 amide bonds. The molecule has 19 heavy (non-hydrogen) atoms. The van der Waals surface area contributed by atoms with E-state index in [1.807, 2.05) is 18.4 Å². The molecule has 1 fully saturated rings. The molecule has 3 heteroatoms. The molecule has 0 unspecified atom stereocenters. The molecule has 0 saturated heterocycles. The van der Waals surface area contributed by atoms with E-state index in [2.05, 4.69) is 17.9 Å². The van der Waals surface area contributed by atoms with Crippen molar-refractivity contribution in [1.29, 1.82) is 0 Å². The molecule has 0 aromatic heterocycles. The number of methoxy groups -OCH3 is 1. The number of allylic oxidation sites excluding steroid dienone is 3. The molecule has 0 aromatic rings. The summed E-state index contributed by atoms with van der Waals surface area (Å²) in [6.07, 6.45) is 15.4. The van der Waals surface area contributed by atoms with Crippen molar-refractivity contribution in [3.05, 3.63) is 35.9 Å². The molecule has 3 nitrogen and oxygen atoms in total. The van der Waals surface area contributed by atoms with Crippen molar-refractivity contribution in [2.45, 2.75) is 51.0 Å². The van der Waals surface area contributed by atoms with Crippen LogP contribution >= 0.6 is 0 Å². The summed E-state index contributed by atoms with van der Waals surface area (Å²) in [6.45, 7) is 2.15. The van der Waals surface area contributed by atoms with Crippen molar-refractivity contribution in [2.24, 2.45) is 0 Å². The number of rotatable bonds is 5. The molecule has 2 aliphatic rings. The lowest BCUT2D eigenvalue weighted by atomic mass is 9.95. The number of hydrogen-bond donors (Lipinski definition) is 0. The zero-order valence-corrected chi connectivity index (χ0v) is 11.9. The van der Waals surface area contributed by atoms with E-state index in [1.54, 1.807) is 7.11 Å². The highest BCUT2D eigenvalue weighted by atomic mass is 16.5. The lowest BCUT2D eigenvalue weighted by Gasteiger charge is -2.39. The third-order valence-corrected chi connectivity index (χ3v) is 4.01. The Balaban J connectivity index is 2.34. The summed E-state index contributed by atoms with van der Waals surface area (Å²) in [7, 11) is 1.69. The Labute approximate surface area is 115 Å². The summed E-state index contributed by atoms with van der Waals surface area (Å²) < 4.78 is 5.46. The predicted molar refractivity (Wildman–Crippen MR) is 76.3 cm³/mol. The van der Waals surface area contributed by atoms with Gasteiger partial charge in [-0.05, 0) is 31.4 Å². The molecule has 1 aliphatic carbocycles. The monoisotopic (exact) mass is 261 g/mol. The Bertz CT molecular complexity index is 414. The van der Waals surface area contributed by atoms with Gasteiger partial charge in [0.05, 0.1) is 18.3 Å². The SMILES string of the molecule is CCC/C=C1\C(OC)=CC=CN1C1(C=O)CCCC1. The first-order valence-corrected chi connectivity index (χ1v) is 7.16. The number of carbonyl (C=O) groups excluding carboxylic acids is 1. The summed E-state index contributed by atoms with van der Waals surface area (Å²) >= 11 is 0. The van der Waals surface area contributed by atoms with E-state index in [0.29, 0.717) is 0 Å². The second kappa shape index (κ2) is 6.09. The predicted octanol–water partition coefficient (Wildman–Crippen LogP) is 3.54. The zero-order valence-electron chi connectivity index (χ0n) is 11.9. The molecular formula is C16H23NO2. The van der Waals surface area contributed by atoms with Crippen molar-refractivity contribution < 1.29 is 9.53 Å². The van der Waals surface area contributed by atoms with Gasteiger partial charge in [0.15, 0.2) is 0 Å². The van der Waals surface area contributed by atoms with Crippen LogP contribution in [-0.2, 0) is 9.53 Å².